The molecule has 0 aliphatic rings. The third kappa shape index (κ3) is 2.77. The molecular formula is C8H2BrF13. The predicted octanol–water partition coefficient (Wildman–Crippen LogP) is 5.84. The number of rotatable bonds is 3. The Kier molecular flexibility index (Phi) is 5.27. The lowest BCUT2D eigenvalue weighted by atomic mass is 9.76. The van der Waals surface area contributed by atoms with Gasteiger partial charge in [-0.25, -0.2) is 0 Å². The molecule has 0 saturated heterocycles. The van der Waals surface area contributed by atoms with E-state index >= 15 is 0 Å². The zero-order valence-electron chi connectivity index (χ0n) is 9.45. The van der Waals surface area contributed by atoms with Crippen LogP contribution in [0.2, 0.25) is 0 Å². The fraction of sp³-hybridized carbons (Fsp3) is 0.750. The van der Waals surface area contributed by atoms with Gasteiger partial charge >= 0.3 is 30.4 Å². The Labute approximate surface area is 121 Å². The molecule has 0 rings (SSSR count). The van der Waals surface area contributed by atoms with Crippen LogP contribution in [0.1, 0.15) is 0 Å². The quantitative estimate of drug-likeness (QED) is 0.499. The van der Waals surface area contributed by atoms with E-state index in [0.29, 0.717) is 0 Å². The lowest BCUT2D eigenvalue weighted by Crippen LogP contribution is -2.69. The van der Waals surface area contributed by atoms with E-state index < -0.39 is 46.9 Å². The van der Waals surface area contributed by atoms with Crippen molar-refractivity contribution in [2.24, 2.45) is 5.41 Å². The second-order valence-electron chi connectivity index (χ2n) is 3.74. The average molecular weight is 425 g/mol. The minimum Gasteiger partial charge on any atom is -0.198 e. The Balaban J connectivity index is 6.84. The maximum atomic E-state index is 13.2. The molecule has 0 aliphatic carbocycles. The third-order valence-electron chi connectivity index (χ3n) is 2.45. The van der Waals surface area contributed by atoms with E-state index in [2.05, 4.69) is 0 Å². The summed E-state index contributed by atoms with van der Waals surface area (Å²) in [5.74, 6) is -15.2. The molecule has 132 valence electrons. The highest BCUT2D eigenvalue weighted by Crippen LogP contribution is 2.66. The fourth-order valence-corrected chi connectivity index (χ4v) is 1.73. The smallest absolute Gasteiger partial charge is 0.198 e. The van der Waals surface area contributed by atoms with Gasteiger partial charge in [0.1, 0.15) is 0 Å². The Bertz CT molecular complexity index is 409. The first kappa shape index (κ1) is 21.3. The first-order valence-electron chi connectivity index (χ1n) is 4.55. The average Bonchev–Trinajstić information content (AvgIpc) is 2.19. The monoisotopic (exact) mass is 424 g/mol. The largest absolute Gasteiger partial charge is 0.459 e. The van der Waals surface area contributed by atoms with E-state index in [-0.39, 0.29) is 0 Å². The summed E-state index contributed by atoms with van der Waals surface area (Å²) in [5, 5.41) is 0. The number of hydrogen-bond donors (Lipinski definition) is 0. The van der Waals surface area contributed by atoms with Crippen LogP contribution in [0.25, 0.3) is 0 Å². The van der Waals surface area contributed by atoms with Crippen molar-refractivity contribution >= 4 is 15.9 Å². The molecule has 22 heavy (non-hydrogen) atoms. The van der Waals surface area contributed by atoms with Gasteiger partial charge in [-0.3, -0.25) is 0 Å². The van der Waals surface area contributed by atoms with Crippen LogP contribution in [0.3, 0.4) is 0 Å². The molecule has 0 aromatic carbocycles. The molecule has 0 nitrogen and oxygen atoms in total. The standard InChI is InChI=1S/C8H2BrF13/c9-2-1-3(6(14,15)16,7(17,18)19)4(10,11)5(12,13)8(20,21)22/h1-2H/b2-1-. The van der Waals surface area contributed by atoms with Crippen molar-refractivity contribution in [2.45, 2.75) is 30.4 Å². The van der Waals surface area contributed by atoms with Crippen LogP contribution < -0.4 is 0 Å². The topological polar surface area (TPSA) is 0 Å². The van der Waals surface area contributed by atoms with Gasteiger partial charge in [0.05, 0.1) is 0 Å². The van der Waals surface area contributed by atoms with Crippen LogP contribution in [-0.4, -0.2) is 30.4 Å². The van der Waals surface area contributed by atoms with Gasteiger partial charge < -0.3 is 0 Å². The van der Waals surface area contributed by atoms with Crippen LogP contribution >= 0.6 is 15.9 Å². The molecule has 14 heteroatoms. The molecule has 0 N–H and O–H groups in total. The van der Waals surface area contributed by atoms with Gasteiger partial charge in [0.25, 0.3) is 0 Å². The number of allylic oxidation sites excluding steroid dienone is 1. The highest BCUT2D eigenvalue weighted by atomic mass is 79.9. The van der Waals surface area contributed by atoms with E-state index in [1.54, 1.807) is 15.9 Å². The molecule has 0 fully saturated rings. The van der Waals surface area contributed by atoms with E-state index in [1.807, 2.05) is 0 Å². The van der Waals surface area contributed by atoms with Crippen LogP contribution in [0.5, 0.6) is 0 Å². The van der Waals surface area contributed by atoms with Gasteiger partial charge in [-0.2, -0.15) is 57.1 Å². The maximum absolute atomic E-state index is 13.2. The molecule has 0 atom stereocenters. The van der Waals surface area contributed by atoms with Gasteiger partial charge in [0.2, 0.25) is 5.41 Å². The summed E-state index contributed by atoms with van der Waals surface area (Å²) in [6, 6.07) is 0. The van der Waals surface area contributed by atoms with Gasteiger partial charge in [-0.15, -0.1) is 0 Å². The second kappa shape index (κ2) is 5.44. The summed E-state index contributed by atoms with van der Waals surface area (Å²) in [7, 11) is 0. The molecule has 0 unspecified atom stereocenters. The number of alkyl halides is 13. The summed E-state index contributed by atoms with van der Waals surface area (Å²) in [6.07, 6.45) is -23.3. The Morgan fingerprint density at radius 1 is 0.500 bits per heavy atom. The molecule has 0 aromatic rings. The minimum atomic E-state index is -7.61. The predicted molar refractivity (Wildman–Crippen MR) is 48.6 cm³/mol. The fourth-order valence-electron chi connectivity index (χ4n) is 1.33. The van der Waals surface area contributed by atoms with Gasteiger partial charge in [-0.1, -0.05) is 15.9 Å². The summed E-state index contributed by atoms with van der Waals surface area (Å²) in [5.41, 5.74) is -6.77. The first-order valence-corrected chi connectivity index (χ1v) is 5.46. The molecular weight excluding hydrogens is 423 g/mol. The first-order chi connectivity index (χ1) is 9.31. The van der Waals surface area contributed by atoms with Crippen LogP contribution in [0.15, 0.2) is 11.1 Å². The maximum Gasteiger partial charge on any atom is 0.459 e. The molecule has 0 amide bonds. The number of hydrogen-bond acceptors (Lipinski definition) is 0. The summed E-state index contributed by atoms with van der Waals surface area (Å²) in [6.45, 7) is 0. The highest BCUT2D eigenvalue weighted by molar-refractivity contribution is 9.11. The normalized spacial score (nSPS) is 16.5. The Morgan fingerprint density at radius 3 is 1.00 bits per heavy atom. The minimum absolute atomic E-state index is 0.533. The Morgan fingerprint density at radius 2 is 0.818 bits per heavy atom. The zero-order valence-corrected chi connectivity index (χ0v) is 11.0. The van der Waals surface area contributed by atoms with Gasteiger partial charge in [0.15, 0.2) is 0 Å². The van der Waals surface area contributed by atoms with Gasteiger partial charge in [-0.05, 0) is 11.1 Å². The molecule has 0 radical (unpaired) electrons. The van der Waals surface area contributed by atoms with E-state index in [9.17, 15) is 57.1 Å². The third-order valence-corrected chi connectivity index (χ3v) is 2.72. The highest BCUT2D eigenvalue weighted by Gasteiger charge is 2.91. The van der Waals surface area contributed by atoms with Crippen molar-refractivity contribution in [2.75, 3.05) is 0 Å². The summed E-state index contributed by atoms with van der Waals surface area (Å²) >= 11 is 1.74. The SMILES string of the molecule is FC(F)(F)C(F)(F)C(F)(F)C(/C=C\Br)(C(F)(F)F)C(F)(F)F. The number of halogens is 14. The van der Waals surface area contributed by atoms with Crippen molar-refractivity contribution in [3.05, 3.63) is 11.1 Å². The molecule has 0 aliphatic heterocycles. The lowest BCUT2D eigenvalue weighted by molar-refractivity contribution is -0.445. The van der Waals surface area contributed by atoms with E-state index in [0.717, 1.165) is 0 Å². The molecule has 0 saturated carbocycles. The molecule has 0 bridgehead atoms. The second-order valence-corrected chi connectivity index (χ2v) is 4.27. The summed E-state index contributed by atoms with van der Waals surface area (Å²) in [4.78, 5) is -0.533. The van der Waals surface area contributed by atoms with Crippen molar-refractivity contribution in [1.29, 1.82) is 0 Å². The van der Waals surface area contributed by atoms with Crippen molar-refractivity contribution in [3.8, 4) is 0 Å². The van der Waals surface area contributed by atoms with Crippen molar-refractivity contribution in [1.82, 2.24) is 0 Å². The van der Waals surface area contributed by atoms with Crippen LogP contribution in [-0.2, 0) is 0 Å². The summed E-state index contributed by atoms with van der Waals surface area (Å²) < 4.78 is 162. The molecule has 0 spiro atoms. The zero-order chi connectivity index (χ0) is 18.4. The van der Waals surface area contributed by atoms with Gasteiger partial charge in [0, 0.05) is 0 Å². The van der Waals surface area contributed by atoms with Crippen molar-refractivity contribution in [3.63, 3.8) is 0 Å². The van der Waals surface area contributed by atoms with Crippen LogP contribution in [0, 0.1) is 5.41 Å². The molecule has 0 aromatic heterocycles. The van der Waals surface area contributed by atoms with E-state index in [4.69, 9.17) is 0 Å². The Hall–Kier alpha value is -0.690. The van der Waals surface area contributed by atoms with Crippen LogP contribution in [0.4, 0.5) is 57.1 Å². The molecule has 0 heterocycles. The van der Waals surface area contributed by atoms with Crippen molar-refractivity contribution < 1.29 is 57.1 Å². The van der Waals surface area contributed by atoms with E-state index in [1.165, 1.54) is 0 Å². The lowest BCUT2D eigenvalue weighted by Gasteiger charge is -2.43.